The van der Waals surface area contributed by atoms with E-state index in [0.717, 1.165) is 5.69 Å². The lowest BCUT2D eigenvalue weighted by atomic mass is 10.3. The van der Waals surface area contributed by atoms with Crippen LogP contribution in [0.5, 0.6) is 5.75 Å². The van der Waals surface area contributed by atoms with Crippen LogP contribution in [-0.2, 0) is 0 Å². The van der Waals surface area contributed by atoms with Gasteiger partial charge in [-0.2, -0.15) is 0 Å². The van der Waals surface area contributed by atoms with Crippen LogP contribution < -0.4 is 15.4 Å². The molecule has 0 spiro atoms. The van der Waals surface area contributed by atoms with E-state index in [0.29, 0.717) is 16.5 Å². The van der Waals surface area contributed by atoms with Gasteiger partial charge in [-0.25, -0.2) is 4.39 Å². The summed E-state index contributed by atoms with van der Waals surface area (Å²) in [7, 11) is 1.48. The third-order valence-electron chi connectivity index (χ3n) is 2.44. The van der Waals surface area contributed by atoms with Crippen molar-refractivity contribution in [2.45, 2.75) is 0 Å². The second-order valence-corrected chi connectivity index (χ2v) is 4.20. The highest BCUT2D eigenvalue weighted by atomic mass is 32.1. The Balaban J connectivity index is 2.07. The summed E-state index contributed by atoms with van der Waals surface area (Å²) in [5.41, 5.74) is 1.48. The highest BCUT2D eigenvalue weighted by molar-refractivity contribution is 7.80. The van der Waals surface area contributed by atoms with Gasteiger partial charge in [-0.3, -0.25) is 0 Å². The molecule has 5 heteroatoms. The topological polar surface area (TPSA) is 33.3 Å². The molecule has 0 atom stereocenters. The maximum absolute atomic E-state index is 13.1. The lowest BCUT2D eigenvalue weighted by molar-refractivity contribution is 0.413. The van der Waals surface area contributed by atoms with Crippen molar-refractivity contribution < 1.29 is 9.13 Å². The van der Waals surface area contributed by atoms with E-state index in [-0.39, 0.29) is 5.82 Å². The Kier molecular flexibility index (Phi) is 4.30. The van der Waals surface area contributed by atoms with Gasteiger partial charge in [0.2, 0.25) is 0 Å². The number of ether oxygens (including phenoxy) is 1. The molecule has 3 nitrogen and oxygen atoms in total. The van der Waals surface area contributed by atoms with Crippen molar-refractivity contribution in [2.75, 3.05) is 17.7 Å². The summed E-state index contributed by atoms with van der Waals surface area (Å²) in [6, 6.07) is 13.7. The number of methoxy groups -OCH3 is 1. The molecule has 0 saturated heterocycles. The summed E-state index contributed by atoms with van der Waals surface area (Å²) in [6.07, 6.45) is 0. The van der Waals surface area contributed by atoms with Crippen LogP contribution in [0.3, 0.4) is 0 Å². The van der Waals surface area contributed by atoms with Crippen LogP contribution in [0.15, 0.2) is 48.5 Å². The molecule has 0 unspecified atom stereocenters. The molecule has 0 bridgehead atoms. The molecular weight excluding hydrogens is 263 g/mol. The Morgan fingerprint density at radius 3 is 2.53 bits per heavy atom. The SMILES string of the molecule is COc1cc(F)ccc1NC(=S)Nc1ccccc1. The number of nitrogens with one attached hydrogen (secondary N) is 2. The summed E-state index contributed by atoms with van der Waals surface area (Å²) >= 11 is 5.19. The minimum absolute atomic E-state index is 0.357. The van der Waals surface area contributed by atoms with Crippen molar-refractivity contribution in [3.63, 3.8) is 0 Å². The molecule has 0 aliphatic rings. The maximum Gasteiger partial charge on any atom is 0.175 e. The summed E-state index contributed by atoms with van der Waals surface area (Å²) in [6.45, 7) is 0. The highest BCUT2D eigenvalue weighted by Crippen LogP contribution is 2.25. The predicted octanol–water partition coefficient (Wildman–Crippen LogP) is 3.64. The first-order valence-corrected chi connectivity index (χ1v) is 6.06. The van der Waals surface area contributed by atoms with Crippen molar-refractivity contribution in [2.24, 2.45) is 0 Å². The van der Waals surface area contributed by atoms with Crippen molar-refractivity contribution in [1.82, 2.24) is 0 Å². The minimum Gasteiger partial charge on any atom is -0.494 e. The van der Waals surface area contributed by atoms with E-state index in [1.165, 1.54) is 19.2 Å². The smallest absolute Gasteiger partial charge is 0.175 e. The van der Waals surface area contributed by atoms with Gasteiger partial charge in [0, 0.05) is 11.8 Å². The van der Waals surface area contributed by atoms with Crippen LogP contribution in [0.4, 0.5) is 15.8 Å². The molecule has 2 rings (SSSR count). The molecule has 2 aromatic carbocycles. The third kappa shape index (κ3) is 3.66. The van der Waals surface area contributed by atoms with E-state index < -0.39 is 0 Å². The zero-order valence-corrected chi connectivity index (χ0v) is 11.1. The average molecular weight is 276 g/mol. The fraction of sp³-hybridized carbons (Fsp3) is 0.0714. The van der Waals surface area contributed by atoms with Crippen LogP contribution >= 0.6 is 12.2 Å². The Morgan fingerprint density at radius 2 is 1.84 bits per heavy atom. The number of hydrogen-bond donors (Lipinski definition) is 2. The van der Waals surface area contributed by atoms with E-state index in [2.05, 4.69) is 10.6 Å². The molecular formula is C14H13FN2OS. The first-order valence-electron chi connectivity index (χ1n) is 5.65. The first kappa shape index (κ1) is 13.3. The first-order chi connectivity index (χ1) is 9.19. The van der Waals surface area contributed by atoms with Gasteiger partial charge in [-0.1, -0.05) is 18.2 Å². The van der Waals surface area contributed by atoms with Crippen LogP contribution in [0.2, 0.25) is 0 Å². The minimum atomic E-state index is -0.357. The normalized spacial score (nSPS) is 9.79. The van der Waals surface area contributed by atoms with Gasteiger partial charge in [-0.05, 0) is 36.5 Å². The Labute approximate surface area is 116 Å². The quantitative estimate of drug-likeness (QED) is 0.839. The molecule has 2 aromatic rings. The van der Waals surface area contributed by atoms with Gasteiger partial charge in [0.1, 0.15) is 11.6 Å². The van der Waals surface area contributed by atoms with E-state index in [4.69, 9.17) is 17.0 Å². The number of thiocarbonyl (C=S) groups is 1. The molecule has 0 aliphatic heterocycles. The number of benzene rings is 2. The standard InChI is InChI=1S/C14H13FN2OS/c1-18-13-9-10(15)7-8-12(13)17-14(19)16-11-5-3-2-4-6-11/h2-9H,1H3,(H2,16,17,19). The number of rotatable bonds is 3. The second-order valence-electron chi connectivity index (χ2n) is 3.79. The van der Waals surface area contributed by atoms with Gasteiger partial charge in [0.05, 0.1) is 12.8 Å². The van der Waals surface area contributed by atoms with Crippen LogP contribution in [0.25, 0.3) is 0 Å². The molecule has 0 aliphatic carbocycles. The summed E-state index contributed by atoms with van der Waals surface area (Å²) in [5.74, 6) is 0.0431. The number of halogens is 1. The summed E-state index contributed by atoms with van der Waals surface area (Å²) < 4.78 is 18.1. The van der Waals surface area contributed by atoms with Crippen LogP contribution in [0, 0.1) is 5.82 Å². The molecule has 0 saturated carbocycles. The van der Waals surface area contributed by atoms with E-state index in [1.54, 1.807) is 6.07 Å². The van der Waals surface area contributed by atoms with Gasteiger partial charge in [0.15, 0.2) is 5.11 Å². The summed E-state index contributed by atoms with van der Waals surface area (Å²) in [5, 5.41) is 6.41. The Morgan fingerprint density at radius 1 is 1.11 bits per heavy atom. The van der Waals surface area contributed by atoms with E-state index in [9.17, 15) is 4.39 Å². The van der Waals surface area contributed by atoms with Gasteiger partial charge in [0.25, 0.3) is 0 Å². The summed E-state index contributed by atoms with van der Waals surface area (Å²) in [4.78, 5) is 0. The fourth-order valence-electron chi connectivity index (χ4n) is 1.57. The Hall–Kier alpha value is -2.14. The molecule has 0 heterocycles. The van der Waals surface area contributed by atoms with Crippen LogP contribution in [0.1, 0.15) is 0 Å². The molecule has 0 fully saturated rings. The van der Waals surface area contributed by atoms with Crippen molar-refractivity contribution in [3.05, 3.63) is 54.3 Å². The number of hydrogen-bond acceptors (Lipinski definition) is 2. The zero-order valence-electron chi connectivity index (χ0n) is 10.3. The zero-order chi connectivity index (χ0) is 13.7. The second kappa shape index (κ2) is 6.15. The fourth-order valence-corrected chi connectivity index (χ4v) is 1.80. The number of anilines is 2. The molecule has 0 amide bonds. The Bertz CT molecular complexity index is 575. The monoisotopic (exact) mass is 276 g/mol. The molecule has 19 heavy (non-hydrogen) atoms. The molecule has 2 N–H and O–H groups in total. The third-order valence-corrected chi connectivity index (χ3v) is 2.65. The van der Waals surface area contributed by atoms with E-state index in [1.807, 2.05) is 30.3 Å². The lowest BCUT2D eigenvalue weighted by Crippen LogP contribution is -2.19. The van der Waals surface area contributed by atoms with Gasteiger partial charge in [-0.15, -0.1) is 0 Å². The van der Waals surface area contributed by atoms with Crippen molar-refractivity contribution in [3.8, 4) is 5.75 Å². The molecule has 0 radical (unpaired) electrons. The molecule has 0 aromatic heterocycles. The molecule has 98 valence electrons. The van der Waals surface area contributed by atoms with Gasteiger partial charge < -0.3 is 15.4 Å². The van der Waals surface area contributed by atoms with E-state index >= 15 is 0 Å². The number of para-hydroxylation sites is 1. The largest absolute Gasteiger partial charge is 0.494 e. The van der Waals surface area contributed by atoms with Gasteiger partial charge >= 0.3 is 0 Å². The van der Waals surface area contributed by atoms with Crippen LogP contribution in [-0.4, -0.2) is 12.2 Å². The highest BCUT2D eigenvalue weighted by Gasteiger charge is 2.06. The lowest BCUT2D eigenvalue weighted by Gasteiger charge is -2.13. The average Bonchev–Trinajstić information content (AvgIpc) is 2.42. The predicted molar refractivity (Wildman–Crippen MR) is 79.2 cm³/mol. The van der Waals surface area contributed by atoms with Crippen molar-refractivity contribution in [1.29, 1.82) is 0 Å². The maximum atomic E-state index is 13.1. The van der Waals surface area contributed by atoms with Crippen molar-refractivity contribution >= 4 is 28.7 Å².